The molecule has 0 unspecified atom stereocenters. The fourth-order valence-electron chi connectivity index (χ4n) is 3.10. The van der Waals surface area contributed by atoms with Crippen LogP contribution in [-0.2, 0) is 38.5 Å². The van der Waals surface area contributed by atoms with Gasteiger partial charge in [0.05, 0.1) is 16.1 Å². The molecular weight excluding hydrogens is 455 g/mol. The Labute approximate surface area is 191 Å². The second-order valence-corrected chi connectivity index (χ2v) is 7.15. The Hall–Kier alpha value is -4.21. The smallest absolute Gasteiger partial charge is 0.416 e. The van der Waals surface area contributed by atoms with Crippen LogP contribution in [0.5, 0.6) is 0 Å². The van der Waals surface area contributed by atoms with Gasteiger partial charge in [0.15, 0.2) is 5.92 Å². The lowest BCUT2D eigenvalue weighted by atomic mass is 9.95. The van der Waals surface area contributed by atoms with Gasteiger partial charge in [0.25, 0.3) is 5.69 Å². The number of carbonyl (C=O) groups excluding carboxylic acids is 2. The molecule has 0 saturated heterocycles. The summed E-state index contributed by atoms with van der Waals surface area (Å²) in [5.41, 5.74) is -1.75. The van der Waals surface area contributed by atoms with Crippen LogP contribution in [-0.4, -0.2) is 16.9 Å². The number of nitro benzene ring substituents is 1. The number of hydrogen-bond donors (Lipinski definition) is 0. The van der Waals surface area contributed by atoms with E-state index in [1.54, 1.807) is 60.7 Å². The number of carbonyl (C=O) groups is 2. The van der Waals surface area contributed by atoms with Crippen LogP contribution >= 0.6 is 0 Å². The Kier molecular flexibility index (Phi) is 7.62. The summed E-state index contributed by atoms with van der Waals surface area (Å²) in [6.07, 6.45) is -4.86. The summed E-state index contributed by atoms with van der Waals surface area (Å²) in [6.45, 7) is -0.507. The summed E-state index contributed by atoms with van der Waals surface area (Å²) in [7, 11) is 0. The summed E-state index contributed by atoms with van der Waals surface area (Å²) in [5.74, 6) is -4.34. The third kappa shape index (κ3) is 6.18. The van der Waals surface area contributed by atoms with Crippen molar-refractivity contribution in [2.45, 2.75) is 25.3 Å². The first kappa shape index (κ1) is 24.4. The van der Waals surface area contributed by atoms with Crippen molar-refractivity contribution in [3.8, 4) is 0 Å². The summed E-state index contributed by atoms with van der Waals surface area (Å²) >= 11 is 0. The molecule has 0 aliphatic carbocycles. The molecule has 7 nitrogen and oxygen atoms in total. The molecule has 176 valence electrons. The van der Waals surface area contributed by atoms with E-state index in [9.17, 15) is 32.9 Å². The SMILES string of the molecule is O=C(OCc1ccccc1)C(C(=O)OCc1ccccc1)c1ccc(C(F)(F)F)cc1[N+](=O)[O-]. The van der Waals surface area contributed by atoms with E-state index in [0.29, 0.717) is 17.2 Å². The molecule has 0 heterocycles. The Morgan fingerprint density at radius 3 is 1.71 bits per heavy atom. The fraction of sp³-hybridized carbons (Fsp3) is 0.167. The van der Waals surface area contributed by atoms with Crippen molar-refractivity contribution < 1.29 is 37.2 Å². The van der Waals surface area contributed by atoms with Crippen LogP contribution in [0.15, 0.2) is 78.9 Å². The van der Waals surface area contributed by atoms with Crippen molar-refractivity contribution in [3.63, 3.8) is 0 Å². The maximum absolute atomic E-state index is 13.1. The second kappa shape index (κ2) is 10.6. The van der Waals surface area contributed by atoms with Gasteiger partial charge in [0, 0.05) is 6.07 Å². The minimum atomic E-state index is -4.86. The molecule has 3 aromatic carbocycles. The van der Waals surface area contributed by atoms with E-state index in [2.05, 4.69) is 0 Å². The standard InChI is InChI=1S/C24H18F3NO6/c25-24(26,27)18-11-12-19(20(13-18)28(31)32)21(22(29)33-14-16-7-3-1-4-8-16)23(30)34-15-17-9-5-2-6-10-17/h1-13,21H,14-15H2. The Morgan fingerprint density at radius 1 is 0.824 bits per heavy atom. The van der Waals surface area contributed by atoms with Crippen LogP contribution in [0.25, 0.3) is 0 Å². The largest absolute Gasteiger partial charge is 0.460 e. The number of benzene rings is 3. The van der Waals surface area contributed by atoms with Crippen LogP contribution in [0, 0.1) is 10.1 Å². The lowest BCUT2D eigenvalue weighted by Crippen LogP contribution is -2.27. The maximum Gasteiger partial charge on any atom is 0.416 e. The highest BCUT2D eigenvalue weighted by Gasteiger charge is 2.40. The van der Waals surface area contributed by atoms with Gasteiger partial charge in [-0.15, -0.1) is 0 Å². The first-order chi connectivity index (χ1) is 16.2. The number of ether oxygens (including phenoxy) is 2. The molecule has 0 bridgehead atoms. The number of esters is 2. The van der Waals surface area contributed by atoms with E-state index in [4.69, 9.17) is 9.47 Å². The van der Waals surface area contributed by atoms with Gasteiger partial charge in [0.2, 0.25) is 0 Å². The summed E-state index contributed by atoms with van der Waals surface area (Å²) < 4.78 is 49.6. The molecular formula is C24H18F3NO6. The van der Waals surface area contributed by atoms with E-state index < -0.39 is 45.8 Å². The predicted molar refractivity (Wildman–Crippen MR) is 113 cm³/mol. The van der Waals surface area contributed by atoms with E-state index >= 15 is 0 Å². The average Bonchev–Trinajstić information content (AvgIpc) is 2.82. The molecule has 0 aliphatic heterocycles. The summed E-state index contributed by atoms with van der Waals surface area (Å²) in [5, 5.41) is 11.5. The Morgan fingerprint density at radius 2 is 1.29 bits per heavy atom. The lowest BCUT2D eigenvalue weighted by molar-refractivity contribution is -0.385. The van der Waals surface area contributed by atoms with Gasteiger partial charge in [-0.1, -0.05) is 66.7 Å². The van der Waals surface area contributed by atoms with E-state index in [-0.39, 0.29) is 19.3 Å². The highest BCUT2D eigenvalue weighted by atomic mass is 19.4. The monoisotopic (exact) mass is 473 g/mol. The van der Waals surface area contributed by atoms with Gasteiger partial charge >= 0.3 is 18.1 Å². The van der Waals surface area contributed by atoms with Crippen molar-refractivity contribution in [3.05, 3.63) is 111 Å². The molecule has 10 heteroatoms. The lowest BCUT2D eigenvalue weighted by Gasteiger charge is -2.17. The minimum absolute atomic E-state index is 0.253. The third-order valence-corrected chi connectivity index (χ3v) is 4.78. The van der Waals surface area contributed by atoms with Gasteiger partial charge < -0.3 is 9.47 Å². The zero-order valence-electron chi connectivity index (χ0n) is 17.5. The molecule has 0 aromatic heterocycles. The van der Waals surface area contributed by atoms with Crippen LogP contribution in [0.3, 0.4) is 0 Å². The van der Waals surface area contributed by atoms with Crippen molar-refractivity contribution >= 4 is 17.6 Å². The highest BCUT2D eigenvalue weighted by Crippen LogP contribution is 2.36. The van der Waals surface area contributed by atoms with Gasteiger partial charge in [-0.05, 0) is 17.2 Å². The van der Waals surface area contributed by atoms with Gasteiger partial charge in [-0.2, -0.15) is 13.2 Å². The van der Waals surface area contributed by atoms with Crippen LogP contribution < -0.4 is 0 Å². The quantitative estimate of drug-likeness (QED) is 0.194. The molecule has 0 amide bonds. The number of halogens is 3. The first-order valence-electron chi connectivity index (χ1n) is 9.93. The number of nitro groups is 1. The van der Waals surface area contributed by atoms with Crippen molar-refractivity contribution in [1.29, 1.82) is 0 Å². The third-order valence-electron chi connectivity index (χ3n) is 4.78. The molecule has 0 saturated carbocycles. The fourth-order valence-corrected chi connectivity index (χ4v) is 3.10. The van der Waals surface area contributed by atoms with Crippen molar-refractivity contribution in [2.75, 3.05) is 0 Å². The zero-order valence-corrected chi connectivity index (χ0v) is 17.5. The number of nitrogens with zero attached hydrogens (tertiary/aromatic N) is 1. The van der Waals surface area contributed by atoms with Crippen LogP contribution in [0.2, 0.25) is 0 Å². The zero-order chi connectivity index (χ0) is 24.7. The van der Waals surface area contributed by atoms with Crippen molar-refractivity contribution in [2.24, 2.45) is 0 Å². The highest BCUT2D eigenvalue weighted by molar-refractivity contribution is 6.01. The van der Waals surface area contributed by atoms with Gasteiger partial charge in [-0.25, -0.2) is 0 Å². The Bertz CT molecular complexity index is 1110. The average molecular weight is 473 g/mol. The second-order valence-electron chi connectivity index (χ2n) is 7.15. The molecule has 34 heavy (non-hydrogen) atoms. The van der Waals surface area contributed by atoms with Gasteiger partial charge in [-0.3, -0.25) is 19.7 Å². The molecule has 0 aliphatic rings. The summed E-state index contributed by atoms with van der Waals surface area (Å²) in [4.78, 5) is 36.2. The molecule has 0 N–H and O–H groups in total. The number of hydrogen-bond acceptors (Lipinski definition) is 6. The molecule has 0 fully saturated rings. The molecule has 0 radical (unpaired) electrons. The van der Waals surface area contributed by atoms with Crippen molar-refractivity contribution in [1.82, 2.24) is 0 Å². The van der Waals surface area contributed by atoms with E-state index in [1.165, 1.54) is 0 Å². The molecule has 3 aromatic rings. The van der Waals surface area contributed by atoms with Gasteiger partial charge in [0.1, 0.15) is 13.2 Å². The topological polar surface area (TPSA) is 95.7 Å². The normalized spacial score (nSPS) is 11.2. The van der Waals surface area contributed by atoms with E-state index in [1.807, 2.05) is 0 Å². The number of rotatable bonds is 8. The predicted octanol–water partition coefficient (Wildman–Crippen LogP) is 5.18. The summed E-state index contributed by atoms with van der Waals surface area (Å²) in [6, 6.07) is 18.4. The Balaban J connectivity index is 1.94. The van der Waals surface area contributed by atoms with E-state index in [0.717, 1.165) is 6.07 Å². The molecule has 0 atom stereocenters. The van der Waals surface area contributed by atoms with Crippen LogP contribution in [0.4, 0.5) is 18.9 Å². The maximum atomic E-state index is 13.1. The first-order valence-corrected chi connectivity index (χ1v) is 9.93. The molecule has 0 spiro atoms. The minimum Gasteiger partial charge on any atom is -0.460 e. The van der Waals surface area contributed by atoms with Crippen LogP contribution in [0.1, 0.15) is 28.2 Å². The molecule has 3 rings (SSSR count). The number of alkyl halides is 3.